The second-order valence-electron chi connectivity index (χ2n) is 10.7. The average Bonchev–Trinajstić information content (AvgIpc) is 2.82. The predicted octanol–water partition coefficient (Wildman–Crippen LogP) is 4.78. The van der Waals surface area contributed by atoms with Crippen LogP contribution in [0.25, 0.3) is 0 Å². The Balaban J connectivity index is 2.12. The molecule has 0 aromatic heterocycles. The molecule has 2 aromatic carbocycles. The Morgan fingerprint density at radius 1 is 0.816 bits per heavy atom. The molecule has 0 fully saturated rings. The molecule has 0 radical (unpaired) electrons. The number of carbonyl (C=O) groups excluding carboxylic acids is 4. The SMILES string of the molecule is CC(C)(C)OC(=O)CN(C(=O)CC[C@H](NC(=O)OCc1ccccc1)C(=O)OC(C)(C)C)c1ccccc1. The molecule has 0 aliphatic heterocycles. The van der Waals surface area contributed by atoms with Gasteiger partial charge in [0.2, 0.25) is 5.91 Å². The van der Waals surface area contributed by atoms with E-state index in [9.17, 15) is 19.2 Å². The standard InChI is InChI=1S/C29H38N2O7/c1-28(2,3)37-25(33)19-31(22-15-11-8-12-16-22)24(32)18-17-23(26(34)38-29(4,5)6)30-27(35)36-20-21-13-9-7-10-14-21/h7-16,23H,17-20H2,1-6H3,(H,30,35)/t23-/m0/s1. The molecule has 2 amide bonds. The molecular formula is C29H38N2O7. The lowest BCUT2D eigenvalue weighted by molar-refractivity contribution is -0.158. The lowest BCUT2D eigenvalue weighted by Crippen LogP contribution is -2.45. The van der Waals surface area contributed by atoms with Crippen LogP contribution in [0.3, 0.4) is 0 Å². The molecule has 0 heterocycles. The van der Waals surface area contributed by atoms with Crippen molar-refractivity contribution in [3.63, 3.8) is 0 Å². The summed E-state index contributed by atoms with van der Waals surface area (Å²) < 4.78 is 16.1. The molecule has 0 saturated heterocycles. The van der Waals surface area contributed by atoms with Gasteiger partial charge in [-0.25, -0.2) is 9.59 Å². The summed E-state index contributed by atoms with van der Waals surface area (Å²) in [5, 5.41) is 2.52. The average molecular weight is 527 g/mol. The van der Waals surface area contributed by atoms with Crippen LogP contribution in [0.5, 0.6) is 0 Å². The first kappa shape index (κ1) is 30.3. The van der Waals surface area contributed by atoms with Gasteiger partial charge in [-0.05, 0) is 65.7 Å². The number of benzene rings is 2. The van der Waals surface area contributed by atoms with Gasteiger partial charge in [0.05, 0.1) is 0 Å². The molecule has 2 aromatic rings. The number of nitrogens with one attached hydrogen (secondary N) is 1. The van der Waals surface area contributed by atoms with Crippen molar-refractivity contribution >= 4 is 29.6 Å². The van der Waals surface area contributed by atoms with E-state index in [1.54, 1.807) is 84.0 Å². The Morgan fingerprint density at radius 2 is 1.37 bits per heavy atom. The van der Waals surface area contributed by atoms with Crippen molar-refractivity contribution in [2.45, 2.75) is 78.2 Å². The summed E-state index contributed by atoms with van der Waals surface area (Å²) in [5.74, 6) is -1.68. The number of hydrogen-bond acceptors (Lipinski definition) is 7. The molecule has 9 nitrogen and oxygen atoms in total. The lowest BCUT2D eigenvalue weighted by atomic mass is 10.1. The van der Waals surface area contributed by atoms with Gasteiger partial charge in [0.25, 0.3) is 0 Å². The summed E-state index contributed by atoms with van der Waals surface area (Å²) >= 11 is 0. The van der Waals surface area contributed by atoms with Crippen molar-refractivity contribution in [2.24, 2.45) is 0 Å². The molecule has 9 heteroatoms. The maximum absolute atomic E-state index is 13.3. The van der Waals surface area contributed by atoms with Gasteiger partial charge < -0.3 is 24.4 Å². The van der Waals surface area contributed by atoms with Gasteiger partial charge in [-0.1, -0.05) is 48.5 Å². The van der Waals surface area contributed by atoms with E-state index in [0.717, 1.165) is 5.56 Å². The number of alkyl carbamates (subject to hydrolysis) is 1. The summed E-state index contributed by atoms with van der Waals surface area (Å²) in [5.41, 5.74) is -0.226. The summed E-state index contributed by atoms with van der Waals surface area (Å²) in [6.45, 7) is 10.1. The number of carbonyl (C=O) groups is 4. The Labute approximate surface area is 224 Å². The highest BCUT2D eigenvalue weighted by molar-refractivity contribution is 5.98. The molecule has 0 spiro atoms. The zero-order valence-electron chi connectivity index (χ0n) is 23.0. The smallest absolute Gasteiger partial charge is 0.408 e. The van der Waals surface area contributed by atoms with Crippen LogP contribution in [0.2, 0.25) is 0 Å². The molecule has 206 valence electrons. The fourth-order valence-electron chi connectivity index (χ4n) is 3.37. The minimum atomic E-state index is -1.14. The second kappa shape index (κ2) is 13.6. The summed E-state index contributed by atoms with van der Waals surface area (Å²) in [6.07, 6.45) is -1.03. The molecule has 0 bridgehead atoms. The van der Waals surface area contributed by atoms with Crippen molar-refractivity contribution in [2.75, 3.05) is 11.4 Å². The van der Waals surface area contributed by atoms with E-state index in [0.29, 0.717) is 5.69 Å². The van der Waals surface area contributed by atoms with E-state index in [1.165, 1.54) is 4.90 Å². The van der Waals surface area contributed by atoms with E-state index >= 15 is 0 Å². The van der Waals surface area contributed by atoms with Gasteiger partial charge in [0, 0.05) is 12.1 Å². The highest BCUT2D eigenvalue weighted by Crippen LogP contribution is 2.18. The third-order valence-electron chi connectivity index (χ3n) is 4.92. The number of amides is 2. The van der Waals surface area contributed by atoms with Crippen LogP contribution >= 0.6 is 0 Å². The number of hydrogen-bond donors (Lipinski definition) is 1. The Morgan fingerprint density at radius 3 is 1.92 bits per heavy atom. The minimum Gasteiger partial charge on any atom is -0.459 e. The summed E-state index contributed by atoms with van der Waals surface area (Å²) in [4.78, 5) is 52.4. The van der Waals surface area contributed by atoms with Gasteiger partial charge in [0.1, 0.15) is 30.4 Å². The van der Waals surface area contributed by atoms with Crippen LogP contribution in [0.4, 0.5) is 10.5 Å². The normalized spacial score (nSPS) is 12.2. The molecule has 0 aliphatic rings. The number of nitrogens with zero attached hydrogens (tertiary/aromatic N) is 1. The van der Waals surface area contributed by atoms with Crippen molar-refractivity contribution < 1.29 is 33.4 Å². The minimum absolute atomic E-state index is 0.0182. The van der Waals surface area contributed by atoms with Gasteiger partial charge in [-0.3, -0.25) is 9.59 Å². The van der Waals surface area contributed by atoms with Crippen molar-refractivity contribution in [1.82, 2.24) is 5.32 Å². The first-order chi connectivity index (χ1) is 17.7. The maximum Gasteiger partial charge on any atom is 0.408 e. The van der Waals surface area contributed by atoms with Crippen molar-refractivity contribution in [3.8, 4) is 0 Å². The van der Waals surface area contributed by atoms with E-state index in [4.69, 9.17) is 14.2 Å². The fraction of sp³-hybridized carbons (Fsp3) is 0.448. The zero-order chi connectivity index (χ0) is 28.3. The quantitative estimate of drug-likeness (QED) is 0.350. The number of ether oxygens (including phenoxy) is 3. The summed E-state index contributed by atoms with van der Waals surface area (Å²) in [7, 11) is 0. The Hall–Kier alpha value is -3.88. The van der Waals surface area contributed by atoms with Crippen LogP contribution in [0.15, 0.2) is 60.7 Å². The van der Waals surface area contributed by atoms with Gasteiger partial charge in [-0.2, -0.15) is 0 Å². The highest BCUT2D eigenvalue weighted by atomic mass is 16.6. The van der Waals surface area contributed by atoms with Crippen LogP contribution < -0.4 is 10.2 Å². The lowest BCUT2D eigenvalue weighted by Gasteiger charge is -2.27. The third kappa shape index (κ3) is 11.5. The number of rotatable bonds is 10. The third-order valence-corrected chi connectivity index (χ3v) is 4.92. The monoisotopic (exact) mass is 526 g/mol. The van der Waals surface area contributed by atoms with Gasteiger partial charge in [-0.15, -0.1) is 0 Å². The molecule has 1 atom stereocenters. The van der Waals surface area contributed by atoms with E-state index in [2.05, 4.69) is 5.32 Å². The van der Waals surface area contributed by atoms with Crippen LogP contribution in [-0.4, -0.2) is 47.7 Å². The zero-order valence-corrected chi connectivity index (χ0v) is 23.0. The first-order valence-electron chi connectivity index (χ1n) is 12.5. The van der Waals surface area contributed by atoms with E-state index < -0.39 is 41.2 Å². The molecule has 1 N–H and O–H groups in total. The van der Waals surface area contributed by atoms with E-state index in [1.807, 2.05) is 18.2 Å². The first-order valence-corrected chi connectivity index (χ1v) is 12.5. The fourth-order valence-corrected chi connectivity index (χ4v) is 3.37. The van der Waals surface area contributed by atoms with Crippen molar-refractivity contribution in [1.29, 1.82) is 0 Å². The molecule has 2 rings (SSSR count). The van der Waals surface area contributed by atoms with Crippen molar-refractivity contribution in [3.05, 3.63) is 66.2 Å². The largest absolute Gasteiger partial charge is 0.459 e. The molecule has 0 unspecified atom stereocenters. The van der Waals surface area contributed by atoms with Gasteiger partial charge in [0.15, 0.2) is 0 Å². The number of esters is 2. The topological polar surface area (TPSA) is 111 Å². The summed E-state index contributed by atoms with van der Waals surface area (Å²) in [6, 6.07) is 16.7. The molecular weight excluding hydrogens is 488 g/mol. The van der Waals surface area contributed by atoms with Gasteiger partial charge >= 0.3 is 18.0 Å². The molecule has 38 heavy (non-hydrogen) atoms. The highest BCUT2D eigenvalue weighted by Gasteiger charge is 2.30. The molecule has 0 saturated carbocycles. The maximum atomic E-state index is 13.3. The second-order valence-corrected chi connectivity index (χ2v) is 10.7. The predicted molar refractivity (Wildman–Crippen MR) is 143 cm³/mol. The number of anilines is 1. The van der Waals surface area contributed by atoms with Crippen LogP contribution in [0, 0.1) is 0 Å². The number of para-hydroxylation sites is 1. The van der Waals surface area contributed by atoms with Crippen LogP contribution in [0.1, 0.15) is 59.9 Å². The Bertz CT molecular complexity index is 1070. The molecule has 0 aliphatic carbocycles. The van der Waals surface area contributed by atoms with E-state index in [-0.39, 0.29) is 26.0 Å². The van der Waals surface area contributed by atoms with Crippen LogP contribution in [-0.2, 0) is 35.2 Å². The Kier molecular flexibility index (Phi) is 10.9.